The quantitative estimate of drug-likeness (QED) is 0.483. The largest absolute Gasteiger partial charge is 0.366 e. The molecule has 5 nitrogen and oxygen atoms in total. The molecule has 4 aromatic rings. The molecule has 27 heavy (non-hydrogen) atoms. The number of nitrogens with one attached hydrogen (secondary N) is 1. The summed E-state index contributed by atoms with van der Waals surface area (Å²) in [5.74, 6) is 1.00. The lowest BCUT2D eigenvalue weighted by Gasteiger charge is -2.32. The lowest BCUT2D eigenvalue weighted by Crippen LogP contribution is -2.28. The summed E-state index contributed by atoms with van der Waals surface area (Å²) in [6.07, 6.45) is 0.867. The van der Waals surface area contributed by atoms with Crippen LogP contribution < -0.4 is 11.1 Å². The third-order valence-corrected chi connectivity index (χ3v) is 5.69. The number of aromatic nitrogens is 3. The Morgan fingerprint density at radius 2 is 1.78 bits per heavy atom. The van der Waals surface area contributed by atoms with Gasteiger partial charge in [0.2, 0.25) is 11.9 Å². The van der Waals surface area contributed by atoms with Gasteiger partial charge in [0.1, 0.15) is 0 Å². The van der Waals surface area contributed by atoms with E-state index in [0.717, 1.165) is 10.9 Å². The van der Waals surface area contributed by atoms with Gasteiger partial charge in [0.05, 0.1) is 12.1 Å². The summed E-state index contributed by atoms with van der Waals surface area (Å²) in [6.45, 7) is 0. The van der Waals surface area contributed by atoms with Gasteiger partial charge in [-0.05, 0) is 40.5 Å². The van der Waals surface area contributed by atoms with Gasteiger partial charge >= 0.3 is 0 Å². The van der Waals surface area contributed by atoms with Crippen molar-refractivity contribution in [3.8, 4) is 0 Å². The van der Waals surface area contributed by atoms with Crippen molar-refractivity contribution < 1.29 is 0 Å². The van der Waals surface area contributed by atoms with Crippen LogP contribution in [0.1, 0.15) is 29.6 Å². The molecular weight excluding hydrogens is 402 g/mol. The van der Waals surface area contributed by atoms with E-state index >= 15 is 0 Å². The standard InChI is InChI=1S/C21H18BrN5/c22-15-10-8-14(9-11-15)18-12-19(27-21(24-18)25-20(23)26-27)17-7-3-5-13-4-1-2-6-16(13)17/h1-11,18-19H,12H2,(H3,23,24,25,26)/t18-,19-/m0/s1. The molecule has 0 saturated heterocycles. The Bertz CT molecular complexity index is 1110. The van der Waals surface area contributed by atoms with Crippen LogP contribution in [0.25, 0.3) is 10.8 Å². The zero-order chi connectivity index (χ0) is 18.4. The Labute approximate surface area is 165 Å². The van der Waals surface area contributed by atoms with Crippen molar-refractivity contribution in [3.63, 3.8) is 0 Å². The number of halogens is 1. The predicted octanol–water partition coefficient (Wildman–Crippen LogP) is 4.92. The lowest BCUT2D eigenvalue weighted by molar-refractivity contribution is 0.434. The van der Waals surface area contributed by atoms with Crippen LogP contribution in [-0.4, -0.2) is 14.8 Å². The molecule has 5 rings (SSSR count). The number of nitrogens with two attached hydrogens (primary N) is 1. The minimum absolute atomic E-state index is 0.0609. The Morgan fingerprint density at radius 3 is 2.63 bits per heavy atom. The second kappa shape index (κ2) is 6.39. The average Bonchev–Trinajstić information content (AvgIpc) is 3.07. The summed E-state index contributed by atoms with van der Waals surface area (Å²) >= 11 is 3.51. The molecule has 2 atom stereocenters. The van der Waals surface area contributed by atoms with Gasteiger partial charge in [0.25, 0.3) is 0 Å². The molecular formula is C21H18BrN5. The maximum absolute atomic E-state index is 5.93. The molecule has 2 heterocycles. The normalized spacial score (nSPS) is 18.9. The van der Waals surface area contributed by atoms with Crippen LogP contribution >= 0.6 is 15.9 Å². The van der Waals surface area contributed by atoms with Gasteiger partial charge in [-0.15, -0.1) is 5.10 Å². The molecule has 0 radical (unpaired) electrons. The van der Waals surface area contributed by atoms with Crippen LogP contribution in [0, 0.1) is 0 Å². The molecule has 0 bridgehead atoms. The molecule has 0 saturated carbocycles. The molecule has 0 fully saturated rings. The highest BCUT2D eigenvalue weighted by atomic mass is 79.9. The number of benzene rings is 3. The molecule has 1 aliphatic heterocycles. The van der Waals surface area contributed by atoms with Crippen molar-refractivity contribution in [3.05, 3.63) is 82.3 Å². The molecule has 1 aliphatic rings. The number of rotatable bonds is 2. The number of nitrogens with zero attached hydrogens (tertiary/aromatic N) is 3. The summed E-state index contributed by atoms with van der Waals surface area (Å²) in [5, 5.41) is 10.4. The minimum Gasteiger partial charge on any atom is -0.366 e. The Hall–Kier alpha value is -2.86. The van der Waals surface area contributed by atoms with Gasteiger partial charge in [-0.1, -0.05) is 70.5 Å². The zero-order valence-electron chi connectivity index (χ0n) is 14.5. The lowest BCUT2D eigenvalue weighted by atomic mass is 9.90. The first-order valence-corrected chi connectivity index (χ1v) is 9.70. The second-order valence-corrected chi connectivity index (χ2v) is 7.72. The molecule has 3 N–H and O–H groups in total. The smallest absolute Gasteiger partial charge is 0.241 e. The fourth-order valence-corrected chi connectivity index (χ4v) is 4.17. The highest BCUT2D eigenvalue weighted by Crippen LogP contribution is 2.40. The van der Waals surface area contributed by atoms with Gasteiger partial charge in [0, 0.05) is 4.47 Å². The van der Waals surface area contributed by atoms with E-state index in [4.69, 9.17) is 5.73 Å². The number of fused-ring (bicyclic) bond motifs is 2. The van der Waals surface area contributed by atoms with E-state index in [0.29, 0.717) is 11.9 Å². The third-order valence-electron chi connectivity index (χ3n) is 5.16. The van der Waals surface area contributed by atoms with Gasteiger partial charge in [-0.25, -0.2) is 4.68 Å². The number of hydrogen-bond donors (Lipinski definition) is 2. The first-order valence-electron chi connectivity index (χ1n) is 8.91. The molecule has 0 aliphatic carbocycles. The minimum atomic E-state index is 0.0609. The molecule has 3 aromatic carbocycles. The van der Waals surface area contributed by atoms with Crippen LogP contribution in [0.15, 0.2) is 71.2 Å². The van der Waals surface area contributed by atoms with E-state index in [1.807, 2.05) is 4.68 Å². The van der Waals surface area contributed by atoms with E-state index in [9.17, 15) is 0 Å². The van der Waals surface area contributed by atoms with Gasteiger partial charge in [-0.3, -0.25) is 0 Å². The molecule has 134 valence electrons. The summed E-state index contributed by atoms with van der Waals surface area (Å²) < 4.78 is 2.99. The number of anilines is 2. The van der Waals surface area contributed by atoms with Crippen molar-refractivity contribution in [2.75, 3.05) is 11.1 Å². The Balaban J connectivity index is 1.64. The summed E-state index contributed by atoms with van der Waals surface area (Å²) in [6, 6.07) is 23.5. The molecule has 0 unspecified atom stereocenters. The van der Waals surface area contributed by atoms with Crippen LogP contribution in [0.2, 0.25) is 0 Å². The molecule has 0 amide bonds. The maximum atomic E-state index is 5.93. The van der Waals surface area contributed by atoms with Crippen molar-refractivity contribution in [2.45, 2.75) is 18.5 Å². The Kier molecular flexibility index (Phi) is 3.86. The topological polar surface area (TPSA) is 68.8 Å². The fourth-order valence-electron chi connectivity index (χ4n) is 3.91. The summed E-state index contributed by atoms with van der Waals surface area (Å²) in [7, 11) is 0. The van der Waals surface area contributed by atoms with Crippen LogP contribution in [-0.2, 0) is 0 Å². The van der Waals surface area contributed by atoms with E-state index < -0.39 is 0 Å². The Morgan fingerprint density at radius 1 is 1.00 bits per heavy atom. The predicted molar refractivity (Wildman–Crippen MR) is 112 cm³/mol. The average molecular weight is 420 g/mol. The van der Waals surface area contributed by atoms with E-state index in [2.05, 4.69) is 98.1 Å². The first-order chi connectivity index (χ1) is 13.2. The first kappa shape index (κ1) is 16.3. The molecule has 1 aromatic heterocycles. The number of nitrogen functional groups attached to an aromatic ring is 1. The summed E-state index contributed by atoms with van der Waals surface area (Å²) in [4.78, 5) is 4.41. The maximum Gasteiger partial charge on any atom is 0.241 e. The van der Waals surface area contributed by atoms with Crippen molar-refractivity contribution in [1.29, 1.82) is 0 Å². The summed E-state index contributed by atoms with van der Waals surface area (Å²) in [5.41, 5.74) is 8.38. The highest BCUT2D eigenvalue weighted by molar-refractivity contribution is 9.10. The van der Waals surface area contributed by atoms with Crippen molar-refractivity contribution >= 4 is 38.6 Å². The highest BCUT2D eigenvalue weighted by Gasteiger charge is 2.31. The van der Waals surface area contributed by atoms with Crippen molar-refractivity contribution in [2.24, 2.45) is 0 Å². The third kappa shape index (κ3) is 2.86. The van der Waals surface area contributed by atoms with E-state index in [-0.39, 0.29) is 12.1 Å². The number of hydrogen-bond acceptors (Lipinski definition) is 4. The monoisotopic (exact) mass is 419 g/mol. The van der Waals surface area contributed by atoms with Gasteiger partial charge in [0.15, 0.2) is 0 Å². The second-order valence-electron chi connectivity index (χ2n) is 6.81. The van der Waals surface area contributed by atoms with Gasteiger partial charge in [-0.2, -0.15) is 4.98 Å². The van der Waals surface area contributed by atoms with Crippen LogP contribution in [0.5, 0.6) is 0 Å². The van der Waals surface area contributed by atoms with E-state index in [1.54, 1.807) is 0 Å². The van der Waals surface area contributed by atoms with Crippen molar-refractivity contribution in [1.82, 2.24) is 14.8 Å². The van der Waals surface area contributed by atoms with Gasteiger partial charge < -0.3 is 11.1 Å². The fraction of sp³-hybridized carbons (Fsp3) is 0.143. The van der Waals surface area contributed by atoms with Crippen LogP contribution in [0.3, 0.4) is 0 Å². The van der Waals surface area contributed by atoms with Crippen LogP contribution in [0.4, 0.5) is 11.9 Å². The zero-order valence-corrected chi connectivity index (χ0v) is 16.1. The molecule has 6 heteroatoms. The SMILES string of the molecule is Nc1nc2n(n1)[C@H](c1cccc3ccccc13)C[C@@H](c1ccc(Br)cc1)N2. The molecule has 0 spiro atoms. The van der Waals surface area contributed by atoms with E-state index in [1.165, 1.54) is 21.9 Å².